The Morgan fingerprint density at radius 1 is 1.12 bits per heavy atom. The van der Waals surface area contributed by atoms with E-state index in [4.69, 9.17) is 15.2 Å². The number of nitrogens with zero attached hydrogens (tertiary/aromatic N) is 4. The predicted octanol–water partition coefficient (Wildman–Crippen LogP) is 2.26. The molecular weight excluding hydrogens is 306 g/mol. The number of nitrogens with two attached hydrogens (primary N) is 1. The van der Waals surface area contributed by atoms with Crippen LogP contribution in [0.3, 0.4) is 0 Å². The minimum Gasteiger partial charge on any atom is -0.463 e. The van der Waals surface area contributed by atoms with E-state index >= 15 is 0 Å². The van der Waals surface area contributed by atoms with Gasteiger partial charge >= 0.3 is 6.01 Å². The Balaban J connectivity index is 1.76. The standard InChI is InChI=1S/C17H21N5O2/c1-2-23-9-6-10-24-17-20-15(18)14-16(21-17)22(12-19-14)11-13-7-4-3-5-8-13/h3-5,7-8,12H,2,6,9-11H2,1H3,(H2,18,20,21). The normalized spacial score (nSPS) is 11.0. The molecule has 0 aliphatic rings. The topological polar surface area (TPSA) is 88.1 Å². The number of anilines is 1. The first-order chi connectivity index (χ1) is 11.8. The number of ether oxygens (including phenoxy) is 2. The zero-order valence-corrected chi connectivity index (χ0v) is 13.7. The summed E-state index contributed by atoms with van der Waals surface area (Å²) in [6, 6.07) is 10.4. The van der Waals surface area contributed by atoms with E-state index in [1.54, 1.807) is 6.33 Å². The molecule has 2 N–H and O–H groups in total. The van der Waals surface area contributed by atoms with Crippen molar-refractivity contribution in [3.05, 3.63) is 42.2 Å². The summed E-state index contributed by atoms with van der Waals surface area (Å²) in [5.41, 5.74) is 8.41. The van der Waals surface area contributed by atoms with Crippen molar-refractivity contribution in [3.8, 4) is 6.01 Å². The molecular formula is C17H21N5O2. The van der Waals surface area contributed by atoms with E-state index in [1.165, 1.54) is 0 Å². The average Bonchev–Trinajstić information content (AvgIpc) is 2.99. The van der Waals surface area contributed by atoms with Crippen LogP contribution >= 0.6 is 0 Å². The molecule has 0 unspecified atom stereocenters. The van der Waals surface area contributed by atoms with Gasteiger partial charge < -0.3 is 19.8 Å². The third kappa shape index (κ3) is 3.80. The molecule has 7 nitrogen and oxygen atoms in total. The van der Waals surface area contributed by atoms with Gasteiger partial charge in [0, 0.05) is 19.6 Å². The minimum atomic E-state index is 0.270. The molecule has 0 radical (unpaired) electrons. The first-order valence-electron chi connectivity index (χ1n) is 8.00. The Morgan fingerprint density at radius 3 is 2.75 bits per heavy atom. The quantitative estimate of drug-likeness (QED) is 0.639. The van der Waals surface area contributed by atoms with Gasteiger partial charge in [0.2, 0.25) is 0 Å². The average molecular weight is 327 g/mol. The van der Waals surface area contributed by atoms with E-state index in [0.29, 0.717) is 43.3 Å². The van der Waals surface area contributed by atoms with Gasteiger partial charge in [-0.25, -0.2) is 4.98 Å². The number of imidazole rings is 1. The lowest BCUT2D eigenvalue weighted by Gasteiger charge is -2.07. The number of hydrogen-bond acceptors (Lipinski definition) is 6. The van der Waals surface area contributed by atoms with Crippen molar-refractivity contribution in [2.45, 2.75) is 19.9 Å². The van der Waals surface area contributed by atoms with E-state index in [9.17, 15) is 0 Å². The molecule has 0 aliphatic carbocycles. The van der Waals surface area contributed by atoms with Crippen molar-refractivity contribution < 1.29 is 9.47 Å². The lowest BCUT2D eigenvalue weighted by atomic mass is 10.2. The Labute approximate surface area is 140 Å². The van der Waals surface area contributed by atoms with Crippen LogP contribution in [-0.2, 0) is 11.3 Å². The largest absolute Gasteiger partial charge is 0.463 e. The van der Waals surface area contributed by atoms with Crippen LogP contribution in [0.1, 0.15) is 18.9 Å². The van der Waals surface area contributed by atoms with Gasteiger partial charge in [0.05, 0.1) is 19.5 Å². The minimum absolute atomic E-state index is 0.270. The highest BCUT2D eigenvalue weighted by molar-refractivity contribution is 5.81. The zero-order valence-electron chi connectivity index (χ0n) is 13.7. The summed E-state index contributed by atoms with van der Waals surface area (Å²) in [6.45, 7) is 4.47. The first-order valence-corrected chi connectivity index (χ1v) is 8.00. The van der Waals surface area contributed by atoms with Crippen LogP contribution in [0.5, 0.6) is 6.01 Å². The first kappa shape index (κ1) is 16.2. The van der Waals surface area contributed by atoms with E-state index in [-0.39, 0.29) is 6.01 Å². The third-order valence-electron chi connectivity index (χ3n) is 3.53. The Kier molecular flexibility index (Phi) is 5.22. The zero-order chi connectivity index (χ0) is 16.8. The Morgan fingerprint density at radius 2 is 1.96 bits per heavy atom. The molecule has 0 aliphatic heterocycles. The van der Waals surface area contributed by atoms with Crippen LogP contribution in [-0.4, -0.2) is 39.3 Å². The van der Waals surface area contributed by atoms with Gasteiger partial charge in [-0.15, -0.1) is 0 Å². The predicted molar refractivity (Wildman–Crippen MR) is 91.9 cm³/mol. The van der Waals surface area contributed by atoms with Gasteiger partial charge in [0.1, 0.15) is 0 Å². The summed E-state index contributed by atoms with van der Waals surface area (Å²) >= 11 is 0. The number of hydrogen-bond donors (Lipinski definition) is 1. The molecule has 3 aromatic rings. The SMILES string of the molecule is CCOCCCOc1nc(N)c2ncn(Cc3ccccc3)c2n1. The van der Waals surface area contributed by atoms with E-state index in [2.05, 4.69) is 27.1 Å². The van der Waals surface area contributed by atoms with Crippen molar-refractivity contribution in [3.63, 3.8) is 0 Å². The number of nitrogen functional groups attached to an aromatic ring is 1. The molecule has 0 fully saturated rings. The Bertz CT molecular complexity index is 788. The smallest absolute Gasteiger partial charge is 0.320 e. The molecule has 24 heavy (non-hydrogen) atoms. The second kappa shape index (κ2) is 7.74. The van der Waals surface area contributed by atoms with Crippen LogP contribution in [0.4, 0.5) is 5.82 Å². The van der Waals surface area contributed by atoms with Crippen LogP contribution in [0.25, 0.3) is 11.2 Å². The summed E-state index contributed by atoms with van der Waals surface area (Å²) in [5.74, 6) is 0.326. The fourth-order valence-electron chi connectivity index (χ4n) is 2.37. The number of aromatic nitrogens is 4. The molecule has 1 aromatic carbocycles. The molecule has 0 amide bonds. The molecule has 2 heterocycles. The summed E-state index contributed by atoms with van der Waals surface area (Å²) in [5, 5.41) is 0. The summed E-state index contributed by atoms with van der Waals surface area (Å²) in [6.07, 6.45) is 2.50. The highest BCUT2D eigenvalue weighted by atomic mass is 16.5. The molecule has 0 saturated carbocycles. The highest BCUT2D eigenvalue weighted by Crippen LogP contribution is 2.20. The molecule has 126 valence electrons. The maximum atomic E-state index is 5.98. The second-order valence-corrected chi connectivity index (χ2v) is 5.32. The number of benzene rings is 1. The summed E-state index contributed by atoms with van der Waals surface area (Å²) in [7, 11) is 0. The van der Waals surface area contributed by atoms with Gasteiger partial charge in [-0.2, -0.15) is 9.97 Å². The molecule has 3 rings (SSSR count). The molecule has 7 heteroatoms. The third-order valence-corrected chi connectivity index (χ3v) is 3.53. The lowest BCUT2D eigenvalue weighted by Crippen LogP contribution is -2.07. The molecule has 0 spiro atoms. The fourth-order valence-corrected chi connectivity index (χ4v) is 2.37. The van der Waals surface area contributed by atoms with Crippen molar-refractivity contribution in [1.82, 2.24) is 19.5 Å². The molecule has 0 bridgehead atoms. The second-order valence-electron chi connectivity index (χ2n) is 5.32. The van der Waals surface area contributed by atoms with E-state index in [1.807, 2.05) is 29.7 Å². The van der Waals surface area contributed by atoms with Gasteiger partial charge in [-0.05, 0) is 12.5 Å². The van der Waals surface area contributed by atoms with Crippen LogP contribution in [0.15, 0.2) is 36.7 Å². The van der Waals surface area contributed by atoms with Crippen molar-refractivity contribution in [1.29, 1.82) is 0 Å². The van der Waals surface area contributed by atoms with Gasteiger partial charge in [0.15, 0.2) is 17.0 Å². The summed E-state index contributed by atoms with van der Waals surface area (Å²) < 4.78 is 12.8. The van der Waals surface area contributed by atoms with E-state index in [0.717, 1.165) is 12.0 Å². The number of rotatable bonds is 8. The van der Waals surface area contributed by atoms with Crippen molar-refractivity contribution in [2.75, 3.05) is 25.6 Å². The van der Waals surface area contributed by atoms with Crippen LogP contribution in [0.2, 0.25) is 0 Å². The van der Waals surface area contributed by atoms with Crippen LogP contribution < -0.4 is 10.5 Å². The van der Waals surface area contributed by atoms with Crippen LogP contribution in [0, 0.1) is 0 Å². The highest BCUT2D eigenvalue weighted by Gasteiger charge is 2.12. The molecule has 2 aromatic heterocycles. The van der Waals surface area contributed by atoms with Gasteiger partial charge in [-0.1, -0.05) is 30.3 Å². The van der Waals surface area contributed by atoms with Gasteiger partial charge in [-0.3, -0.25) is 0 Å². The fraction of sp³-hybridized carbons (Fsp3) is 0.353. The maximum absolute atomic E-state index is 5.98. The van der Waals surface area contributed by atoms with E-state index < -0.39 is 0 Å². The van der Waals surface area contributed by atoms with Gasteiger partial charge in [0.25, 0.3) is 0 Å². The Hall–Kier alpha value is -2.67. The van der Waals surface area contributed by atoms with Crippen molar-refractivity contribution in [2.24, 2.45) is 0 Å². The lowest BCUT2D eigenvalue weighted by molar-refractivity contribution is 0.129. The summed E-state index contributed by atoms with van der Waals surface area (Å²) in [4.78, 5) is 12.9. The molecule has 0 atom stereocenters. The maximum Gasteiger partial charge on any atom is 0.320 e. The number of fused-ring (bicyclic) bond motifs is 1. The van der Waals surface area contributed by atoms with Crippen molar-refractivity contribution >= 4 is 17.0 Å². The molecule has 0 saturated heterocycles. The monoisotopic (exact) mass is 327 g/mol.